The smallest absolute Gasteiger partial charge is 0.305 e. The van der Waals surface area contributed by atoms with E-state index in [0.717, 1.165) is 22.6 Å². The van der Waals surface area contributed by atoms with Gasteiger partial charge in [0.2, 0.25) is 0 Å². The van der Waals surface area contributed by atoms with Gasteiger partial charge in [0.1, 0.15) is 6.29 Å². The Hall–Kier alpha value is -0.510. The van der Waals surface area contributed by atoms with Gasteiger partial charge >= 0.3 is 10.1 Å². The van der Waals surface area contributed by atoms with Crippen LogP contribution in [-0.4, -0.2) is 27.3 Å². The number of rotatable bonds is 4. The largest absolute Gasteiger partial charge is 0.364 e. The Labute approximate surface area is 106 Å². The van der Waals surface area contributed by atoms with Crippen molar-refractivity contribution in [3.8, 4) is 0 Å². The van der Waals surface area contributed by atoms with Crippen molar-refractivity contribution >= 4 is 39.0 Å². The maximum absolute atomic E-state index is 11.0. The minimum atomic E-state index is -4.75. The topological polar surface area (TPSA) is 91.7 Å². The molecule has 5 nitrogen and oxygen atoms in total. The molecule has 0 aliphatic carbocycles. The molecule has 7 heteroatoms. The molecule has 0 amide bonds. The van der Waals surface area contributed by atoms with E-state index in [2.05, 4.69) is 0 Å². The van der Waals surface area contributed by atoms with Crippen molar-refractivity contribution in [2.24, 2.45) is 0 Å². The lowest BCUT2D eigenvalue weighted by molar-refractivity contribution is -0.110. The van der Waals surface area contributed by atoms with Crippen LogP contribution in [0, 0.1) is 0 Å². The van der Waals surface area contributed by atoms with Crippen LogP contribution in [0.1, 0.15) is 11.5 Å². The first-order chi connectivity index (χ1) is 7.30. The minimum Gasteiger partial charge on any atom is -0.364 e. The van der Waals surface area contributed by atoms with Gasteiger partial charge in [-0.3, -0.25) is 4.55 Å². The number of aliphatic hydroxyl groups is 1. The van der Waals surface area contributed by atoms with Gasteiger partial charge < -0.3 is 9.90 Å². The first-order valence-electron chi connectivity index (χ1n) is 4.19. The van der Waals surface area contributed by atoms with Crippen LogP contribution in [0.4, 0.5) is 0 Å². The molecule has 1 aromatic carbocycles. The predicted molar refractivity (Wildman–Crippen MR) is 65.8 cm³/mol. The maximum Gasteiger partial charge on any atom is 0.305 e. The third kappa shape index (κ3) is 2.59. The Morgan fingerprint density at radius 1 is 1.31 bits per heavy atom. The molecule has 1 rings (SSSR count). The summed E-state index contributed by atoms with van der Waals surface area (Å²) in [6.07, 6.45) is 0.287. The van der Waals surface area contributed by atoms with Crippen LogP contribution in [0.25, 0.3) is 0 Å². The lowest BCUT2D eigenvalue weighted by Crippen LogP contribution is -2.38. The Bertz CT molecular complexity index is 468. The normalized spacial score (nSPS) is 17.4. The van der Waals surface area contributed by atoms with Crippen LogP contribution in [0.2, 0.25) is 0 Å². The molecule has 0 heterocycles. The molecule has 0 radical (unpaired) electrons. The molecule has 0 saturated carbocycles. The summed E-state index contributed by atoms with van der Waals surface area (Å²) in [5.74, 6) is -1.34. The molecule has 0 aromatic heterocycles. The van der Waals surface area contributed by atoms with Gasteiger partial charge in [-0.15, -0.1) is 0 Å². The summed E-state index contributed by atoms with van der Waals surface area (Å²) in [6, 6.07) is 7.87. The van der Waals surface area contributed by atoms with Crippen LogP contribution in [0.3, 0.4) is 0 Å². The number of benzene rings is 1. The molecule has 1 aromatic rings. The molecule has 16 heavy (non-hydrogen) atoms. The Kier molecular flexibility index (Phi) is 4.05. The SMILES string of the molecule is O=CC(c1ccccc1)C(O)(I)S(=O)(=O)O. The number of aldehydes is 1. The van der Waals surface area contributed by atoms with E-state index in [1.54, 1.807) is 18.2 Å². The number of halogens is 1. The van der Waals surface area contributed by atoms with Gasteiger partial charge in [0.25, 0.3) is 2.94 Å². The maximum atomic E-state index is 11.0. The first-order valence-corrected chi connectivity index (χ1v) is 6.71. The summed E-state index contributed by atoms with van der Waals surface area (Å²) in [5, 5.41) is 9.68. The van der Waals surface area contributed by atoms with E-state index in [-0.39, 0.29) is 6.29 Å². The fraction of sp³-hybridized carbons (Fsp3) is 0.222. The van der Waals surface area contributed by atoms with E-state index in [9.17, 15) is 18.3 Å². The van der Waals surface area contributed by atoms with Gasteiger partial charge in [0, 0.05) is 0 Å². The van der Waals surface area contributed by atoms with Crippen molar-refractivity contribution in [2.75, 3.05) is 0 Å². The highest BCUT2D eigenvalue weighted by Gasteiger charge is 2.46. The molecule has 2 atom stereocenters. The highest BCUT2D eigenvalue weighted by atomic mass is 127. The molecule has 0 aliphatic heterocycles. The average molecular weight is 356 g/mol. The molecule has 0 aliphatic rings. The summed E-state index contributed by atoms with van der Waals surface area (Å²) >= 11 is 1.13. The quantitative estimate of drug-likeness (QED) is 0.363. The van der Waals surface area contributed by atoms with Gasteiger partial charge in [-0.1, -0.05) is 30.3 Å². The van der Waals surface area contributed by atoms with Crippen LogP contribution in [0.15, 0.2) is 30.3 Å². The highest BCUT2D eigenvalue weighted by molar-refractivity contribution is 14.1. The summed E-state index contributed by atoms with van der Waals surface area (Å²) in [4.78, 5) is 10.9. The second-order valence-corrected chi connectivity index (χ2v) is 7.06. The summed E-state index contributed by atoms with van der Waals surface area (Å²) < 4.78 is 28.2. The molecule has 0 bridgehead atoms. The van der Waals surface area contributed by atoms with Gasteiger partial charge in [-0.05, 0) is 28.2 Å². The zero-order chi connectivity index (χ0) is 12.4. The van der Waals surface area contributed by atoms with E-state index < -0.39 is 19.0 Å². The van der Waals surface area contributed by atoms with Gasteiger partial charge in [-0.25, -0.2) is 0 Å². The molecule has 88 valence electrons. The van der Waals surface area contributed by atoms with E-state index in [1.807, 2.05) is 0 Å². The lowest BCUT2D eigenvalue weighted by Gasteiger charge is -2.24. The lowest BCUT2D eigenvalue weighted by atomic mass is 10.0. The van der Waals surface area contributed by atoms with Crippen molar-refractivity contribution in [1.82, 2.24) is 0 Å². The Morgan fingerprint density at radius 2 is 1.81 bits per heavy atom. The zero-order valence-electron chi connectivity index (χ0n) is 7.95. The fourth-order valence-corrected chi connectivity index (χ4v) is 2.21. The van der Waals surface area contributed by atoms with Crippen molar-refractivity contribution < 1.29 is 22.9 Å². The predicted octanol–water partition coefficient (Wildman–Crippen LogP) is 0.938. The van der Waals surface area contributed by atoms with E-state index >= 15 is 0 Å². The van der Waals surface area contributed by atoms with Crippen molar-refractivity contribution in [2.45, 2.75) is 8.86 Å². The van der Waals surface area contributed by atoms with Crippen LogP contribution < -0.4 is 0 Å². The standard InChI is InChI=1S/C9H9IO5S/c10-9(12,16(13,14)15)8(6-11)7-4-2-1-3-5-7/h1-6,8,12H,(H,13,14,15). The van der Waals surface area contributed by atoms with E-state index in [0.29, 0.717) is 5.56 Å². The molecular formula is C9H9IO5S. The minimum absolute atomic E-state index is 0.287. The third-order valence-electron chi connectivity index (χ3n) is 2.04. The van der Waals surface area contributed by atoms with Crippen LogP contribution in [-0.2, 0) is 14.9 Å². The van der Waals surface area contributed by atoms with Gasteiger partial charge in [-0.2, -0.15) is 8.42 Å². The molecule has 0 spiro atoms. The Morgan fingerprint density at radius 3 is 2.19 bits per heavy atom. The van der Waals surface area contributed by atoms with E-state index in [4.69, 9.17) is 4.55 Å². The van der Waals surface area contributed by atoms with Crippen molar-refractivity contribution in [3.05, 3.63) is 35.9 Å². The van der Waals surface area contributed by atoms with Gasteiger partial charge in [0.15, 0.2) is 0 Å². The third-order valence-corrected chi connectivity index (χ3v) is 5.36. The molecule has 0 saturated heterocycles. The molecule has 2 N–H and O–H groups in total. The van der Waals surface area contributed by atoms with E-state index in [1.165, 1.54) is 12.1 Å². The summed E-state index contributed by atoms with van der Waals surface area (Å²) in [7, 11) is -4.75. The number of hydrogen-bond donors (Lipinski definition) is 2. The average Bonchev–Trinajstić information content (AvgIpc) is 2.18. The van der Waals surface area contributed by atoms with Gasteiger partial charge in [0.05, 0.1) is 5.92 Å². The number of carbonyl (C=O) groups is 1. The highest BCUT2D eigenvalue weighted by Crippen LogP contribution is 2.36. The summed E-state index contributed by atoms with van der Waals surface area (Å²) in [5.41, 5.74) is 0.312. The van der Waals surface area contributed by atoms with Crippen LogP contribution >= 0.6 is 22.6 Å². The van der Waals surface area contributed by atoms with Crippen molar-refractivity contribution in [3.63, 3.8) is 0 Å². The second kappa shape index (κ2) is 4.78. The fourth-order valence-electron chi connectivity index (χ4n) is 1.19. The number of hydrogen-bond acceptors (Lipinski definition) is 4. The zero-order valence-corrected chi connectivity index (χ0v) is 10.9. The van der Waals surface area contributed by atoms with Crippen molar-refractivity contribution in [1.29, 1.82) is 0 Å². The molecular weight excluding hydrogens is 347 g/mol. The summed E-state index contributed by atoms with van der Waals surface area (Å²) in [6.45, 7) is 0. The molecule has 2 unspecified atom stereocenters. The Balaban J connectivity index is 3.25. The number of carbonyl (C=O) groups excluding carboxylic acids is 1. The molecule has 0 fully saturated rings. The number of alkyl halides is 1. The van der Waals surface area contributed by atoms with Crippen LogP contribution in [0.5, 0.6) is 0 Å². The second-order valence-electron chi connectivity index (χ2n) is 3.11. The first kappa shape index (κ1) is 13.6. The monoisotopic (exact) mass is 356 g/mol.